The second-order valence-electron chi connectivity index (χ2n) is 4.63. The van der Waals surface area contributed by atoms with Gasteiger partial charge in [-0.25, -0.2) is 0 Å². The molecule has 0 saturated carbocycles. The summed E-state index contributed by atoms with van der Waals surface area (Å²) in [6.07, 6.45) is 1.84. The highest BCUT2D eigenvalue weighted by atomic mass is 35.5. The molecule has 0 aromatic heterocycles. The van der Waals surface area contributed by atoms with Crippen LogP contribution in [0, 0.1) is 6.92 Å². The van der Waals surface area contributed by atoms with E-state index in [1.54, 1.807) is 6.07 Å². The molecule has 0 bridgehead atoms. The molecule has 0 spiro atoms. The molecule has 4 heteroatoms. The monoisotopic (exact) mass is 325 g/mol. The van der Waals surface area contributed by atoms with Gasteiger partial charge in [-0.3, -0.25) is 4.99 Å². The third-order valence-electron chi connectivity index (χ3n) is 3.04. The zero-order chi connectivity index (χ0) is 14.7. The summed E-state index contributed by atoms with van der Waals surface area (Å²) < 4.78 is 0. The second-order valence-corrected chi connectivity index (χ2v) is 5.79. The lowest BCUT2D eigenvalue weighted by atomic mass is 10.1. The van der Waals surface area contributed by atoms with E-state index in [-0.39, 0.29) is 6.04 Å². The first kappa shape index (κ1) is 15.4. The molecule has 0 N–H and O–H groups in total. The largest absolute Gasteiger partial charge is 0.285 e. The molecule has 0 fully saturated rings. The van der Waals surface area contributed by atoms with Crippen LogP contribution in [0.15, 0.2) is 41.4 Å². The SMILES string of the molecule is Cc1ccc(/C=N\C(C)c2ccc(Cl)c(Cl)c2Cl)cc1. The highest BCUT2D eigenvalue weighted by Crippen LogP contribution is 2.36. The molecule has 1 nitrogen and oxygen atoms in total. The lowest BCUT2D eigenvalue weighted by molar-refractivity contribution is 0.825. The van der Waals surface area contributed by atoms with Crippen LogP contribution in [0.1, 0.15) is 29.7 Å². The number of halogens is 3. The van der Waals surface area contributed by atoms with E-state index in [1.165, 1.54) is 5.56 Å². The predicted molar refractivity (Wildman–Crippen MR) is 88.7 cm³/mol. The quantitative estimate of drug-likeness (QED) is 0.475. The summed E-state index contributed by atoms with van der Waals surface area (Å²) in [5, 5.41) is 1.30. The van der Waals surface area contributed by atoms with Crippen molar-refractivity contribution >= 4 is 41.0 Å². The fraction of sp³-hybridized carbons (Fsp3) is 0.188. The van der Waals surface area contributed by atoms with Crippen molar-refractivity contribution in [3.63, 3.8) is 0 Å². The summed E-state index contributed by atoms with van der Waals surface area (Å²) in [5.41, 5.74) is 3.14. The van der Waals surface area contributed by atoms with Gasteiger partial charge in [0.15, 0.2) is 0 Å². The van der Waals surface area contributed by atoms with Crippen LogP contribution in [0.3, 0.4) is 0 Å². The second kappa shape index (κ2) is 6.62. The van der Waals surface area contributed by atoms with E-state index in [0.29, 0.717) is 15.1 Å². The third-order valence-corrected chi connectivity index (χ3v) is 4.35. The van der Waals surface area contributed by atoms with E-state index < -0.39 is 0 Å². The number of rotatable bonds is 3. The van der Waals surface area contributed by atoms with E-state index in [4.69, 9.17) is 34.8 Å². The van der Waals surface area contributed by atoms with Gasteiger partial charge < -0.3 is 0 Å². The average molecular weight is 327 g/mol. The Bertz CT molecular complexity index is 633. The Hall–Kier alpha value is -1.02. The molecular formula is C16H14Cl3N. The number of nitrogens with zero attached hydrogens (tertiary/aromatic N) is 1. The number of hydrogen-bond donors (Lipinski definition) is 0. The van der Waals surface area contributed by atoms with Crippen LogP contribution in [0.5, 0.6) is 0 Å². The molecule has 2 rings (SSSR count). The Morgan fingerprint density at radius 3 is 2.25 bits per heavy atom. The van der Waals surface area contributed by atoms with Gasteiger partial charge in [-0.1, -0.05) is 70.7 Å². The van der Waals surface area contributed by atoms with Crippen LogP contribution >= 0.6 is 34.8 Å². The van der Waals surface area contributed by atoms with E-state index in [2.05, 4.69) is 24.0 Å². The molecule has 2 aromatic rings. The zero-order valence-corrected chi connectivity index (χ0v) is 13.5. The van der Waals surface area contributed by atoms with Crippen molar-refractivity contribution in [3.05, 3.63) is 68.2 Å². The topological polar surface area (TPSA) is 12.4 Å². The van der Waals surface area contributed by atoms with E-state index in [9.17, 15) is 0 Å². The molecule has 0 amide bonds. The van der Waals surface area contributed by atoms with Gasteiger partial charge in [-0.2, -0.15) is 0 Å². The molecule has 0 heterocycles. The smallest absolute Gasteiger partial charge is 0.0782 e. The first-order valence-electron chi connectivity index (χ1n) is 6.22. The normalized spacial score (nSPS) is 12.8. The molecule has 20 heavy (non-hydrogen) atoms. The van der Waals surface area contributed by atoms with Crippen molar-refractivity contribution < 1.29 is 0 Å². The van der Waals surface area contributed by atoms with E-state index in [1.807, 2.05) is 31.3 Å². The molecule has 0 saturated heterocycles. The number of benzene rings is 2. The zero-order valence-electron chi connectivity index (χ0n) is 11.2. The van der Waals surface area contributed by atoms with E-state index >= 15 is 0 Å². The lowest BCUT2D eigenvalue weighted by Gasteiger charge is -2.11. The summed E-state index contributed by atoms with van der Waals surface area (Å²) in [4.78, 5) is 4.51. The van der Waals surface area contributed by atoms with Gasteiger partial charge in [-0.05, 0) is 31.0 Å². The Morgan fingerprint density at radius 1 is 0.950 bits per heavy atom. The summed E-state index contributed by atoms with van der Waals surface area (Å²) in [6.45, 7) is 4.02. The van der Waals surface area contributed by atoms with Crippen LogP contribution in [-0.2, 0) is 0 Å². The van der Waals surface area contributed by atoms with Crippen molar-refractivity contribution in [2.75, 3.05) is 0 Å². The fourth-order valence-electron chi connectivity index (χ4n) is 1.79. The van der Waals surface area contributed by atoms with Crippen LogP contribution in [0.4, 0.5) is 0 Å². The highest BCUT2D eigenvalue weighted by molar-refractivity contribution is 6.48. The van der Waals surface area contributed by atoms with Gasteiger partial charge in [-0.15, -0.1) is 0 Å². The van der Waals surface area contributed by atoms with Crippen LogP contribution in [-0.4, -0.2) is 6.21 Å². The van der Waals surface area contributed by atoms with Crippen LogP contribution in [0.2, 0.25) is 15.1 Å². The first-order chi connectivity index (χ1) is 9.49. The maximum Gasteiger partial charge on any atom is 0.0782 e. The van der Waals surface area contributed by atoms with Crippen molar-refractivity contribution in [2.24, 2.45) is 4.99 Å². The Kier molecular flexibility index (Phi) is 5.09. The number of aliphatic imine (C=N–C) groups is 1. The van der Waals surface area contributed by atoms with Gasteiger partial charge in [0.2, 0.25) is 0 Å². The van der Waals surface area contributed by atoms with Gasteiger partial charge in [0.05, 0.1) is 21.1 Å². The summed E-state index contributed by atoms with van der Waals surface area (Å²) in [6, 6.07) is 11.7. The molecule has 1 unspecified atom stereocenters. The maximum absolute atomic E-state index is 6.21. The van der Waals surface area contributed by atoms with Crippen molar-refractivity contribution in [3.8, 4) is 0 Å². The molecule has 2 aromatic carbocycles. The summed E-state index contributed by atoms with van der Waals surface area (Å²) >= 11 is 18.2. The minimum Gasteiger partial charge on any atom is -0.285 e. The molecular weight excluding hydrogens is 313 g/mol. The molecule has 104 valence electrons. The summed E-state index contributed by atoms with van der Waals surface area (Å²) in [5.74, 6) is 0. The van der Waals surface area contributed by atoms with Crippen molar-refractivity contribution in [1.82, 2.24) is 0 Å². The lowest BCUT2D eigenvalue weighted by Crippen LogP contribution is -1.93. The van der Waals surface area contributed by atoms with E-state index in [0.717, 1.165) is 11.1 Å². The average Bonchev–Trinajstić information content (AvgIpc) is 2.44. The van der Waals surface area contributed by atoms with Gasteiger partial charge in [0.1, 0.15) is 0 Å². The minimum atomic E-state index is -0.0847. The Balaban J connectivity index is 2.22. The fourth-order valence-corrected chi connectivity index (χ4v) is 2.49. The standard InChI is InChI=1S/C16H14Cl3N/c1-10-3-5-12(6-4-10)9-20-11(2)13-7-8-14(17)16(19)15(13)18/h3-9,11H,1-2H3/b20-9-. The van der Waals surface area contributed by atoms with Gasteiger partial charge >= 0.3 is 0 Å². The van der Waals surface area contributed by atoms with Crippen molar-refractivity contribution in [1.29, 1.82) is 0 Å². The first-order valence-corrected chi connectivity index (χ1v) is 7.35. The minimum absolute atomic E-state index is 0.0847. The predicted octanol–water partition coefficient (Wildman–Crippen LogP) is 6.14. The number of aryl methyl sites for hydroxylation is 1. The molecule has 0 radical (unpaired) electrons. The molecule has 0 aliphatic carbocycles. The van der Waals surface area contributed by atoms with Crippen molar-refractivity contribution in [2.45, 2.75) is 19.9 Å². The van der Waals surface area contributed by atoms with Crippen LogP contribution in [0.25, 0.3) is 0 Å². The number of hydrogen-bond acceptors (Lipinski definition) is 1. The highest BCUT2D eigenvalue weighted by Gasteiger charge is 2.13. The van der Waals surface area contributed by atoms with Crippen LogP contribution < -0.4 is 0 Å². The van der Waals surface area contributed by atoms with Gasteiger partial charge in [0, 0.05) is 6.21 Å². The Morgan fingerprint density at radius 2 is 1.60 bits per heavy atom. The summed E-state index contributed by atoms with van der Waals surface area (Å²) in [7, 11) is 0. The third kappa shape index (κ3) is 3.54. The molecule has 1 atom stereocenters. The molecule has 0 aliphatic rings. The Labute approximate surface area is 134 Å². The molecule has 0 aliphatic heterocycles. The van der Waals surface area contributed by atoms with Gasteiger partial charge in [0.25, 0.3) is 0 Å². The maximum atomic E-state index is 6.21.